The Morgan fingerprint density at radius 1 is 1.06 bits per heavy atom. The summed E-state index contributed by atoms with van der Waals surface area (Å²) in [5, 5.41) is 0. The van der Waals surface area contributed by atoms with Crippen LogP contribution in [-0.2, 0) is 27.9 Å². The van der Waals surface area contributed by atoms with Crippen molar-refractivity contribution in [2.75, 3.05) is 21.3 Å². The molecule has 7 heteroatoms. The summed E-state index contributed by atoms with van der Waals surface area (Å²) < 4.78 is 25.8. The van der Waals surface area contributed by atoms with Crippen LogP contribution in [0.4, 0.5) is 0 Å². The molecule has 1 rings (SSSR count). The zero-order chi connectivity index (χ0) is 13.4. The van der Waals surface area contributed by atoms with E-state index >= 15 is 0 Å². The summed E-state index contributed by atoms with van der Waals surface area (Å²) in [6, 6.07) is 0. The molecule has 0 spiro atoms. The lowest BCUT2D eigenvalue weighted by molar-refractivity contribution is -0.143. The monoisotopic (exact) mass is 264 g/mol. The van der Waals surface area contributed by atoms with Crippen LogP contribution in [0.5, 0.6) is 0 Å². The highest BCUT2D eigenvalue weighted by atomic mass is 31.2. The summed E-state index contributed by atoms with van der Waals surface area (Å²) in [5.74, 6) is -1.74. The molecule has 0 N–H and O–H groups in total. The van der Waals surface area contributed by atoms with Crippen LogP contribution < -0.4 is 0 Å². The third-order valence-corrected chi connectivity index (χ3v) is 5.08. The zero-order valence-electron chi connectivity index (χ0n) is 10.6. The number of hydrogen-bond acceptors (Lipinski definition) is 6. The van der Waals surface area contributed by atoms with E-state index in [2.05, 4.69) is 13.8 Å². The summed E-state index contributed by atoms with van der Waals surface area (Å²) in [4.78, 5) is 23.5. The standard InChI is InChI=1S/C10H17O6P/c1-10(2)6(8(11)14-3)7(10)9(12)17(13,15-4)16-5/h6-7H,1-5H3. The van der Waals surface area contributed by atoms with E-state index in [0.717, 1.165) is 14.2 Å². The van der Waals surface area contributed by atoms with E-state index in [0.29, 0.717) is 0 Å². The highest BCUT2D eigenvalue weighted by Crippen LogP contribution is 2.66. The molecule has 17 heavy (non-hydrogen) atoms. The van der Waals surface area contributed by atoms with Gasteiger partial charge >= 0.3 is 13.6 Å². The van der Waals surface area contributed by atoms with Crippen LogP contribution in [-0.4, -0.2) is 32.8 Å². The molecule has 2 unspecified atom stereocenters. The first-order valence-electron chi connectivity index (χ1n) is 5.10. The van der Waals surface area contributed by atoms with Crippen molar-refractivity contribution in [1.29, 1.82) is 0 Å². The fraction of sp³-hybridized carbons (Fsp3) is 0.800. The van der Waals surface area contributed by atoms with Gasteiger partial charge in [0, 0.05) is 14.2 Å². The van der Waals surface area contributed by atoms with Crippen molar-refractivity contribution in [3.05, 3.63) is 0 Å². The SMILES string of the molecule is COC(=O)C1C(C(=O)P(=O)(OC)OC)C1(C)C. The lowest BCUT2D eigenvalue weighted by Gasteiger charge is -2.12. The first-order valence-corrected chi connectivity index (χ1v) is 6.64. The topological polar surface area (TPSA) is 78.9 Å². The van der Waals surface area contributed by atoms with Gasteiger partial charge in [-0.2, -0.15) is 0 Å². The highest BCUT2D eigenvalue weighted by Gasteiger charge is 2.69. The molecule has 1 aliphatic rings. The van der Waals surface area contributed by atoms with Crippen LogP contribution >= 0.6 is 7.60 Å². The predicted octanol–water partition coefficient (Wildman–Crippen LogP) is 1.44. The van der Waals surface area contributed by atoms with E-state index in [-0.39, 0.29) is 0 Å². The highest BCUT2D eigenvalue weighted by molar-refractivity contribution is 7.71. The third-order valence-electron chi connectivity index (χ3n) is 3.30. The Morgan fingerprint density at radius 2 is 1.53 bits per heavy atom. The van der Waals surface area contributed by atoms with Crippen molar-refractivity contribution in [2.24, 2.45) is 17.3 Å². The Balaban J connectivity index is 2.94. The Morgan fingerprint density at radius 3 is 1.88 bits per heavy atom. The molecule has 1 saturated carbocycles. The summed E-state index contributed by atoms with van der Waals surface area (Å²) in [5.41, 5.74) is -1.24. The molecule has 0 radical (unpaired) electrons. The van der Waals surface area contributed by atoms with E-state index in [4.69, 9.17) is 0 Å². The van der Waals surface area contributed by atoms with Crippen molar-refractivity contribution in [3.63, 3.8) is 0 Å². The molecule has 1 aliphatic carbocycles. The predicted molar refractivity (Wildman–Crippen MR) is 59.4 cm³/mol. The molecule has 0 aliphatic heterocycles. The van der Waals surface area contributed by atoms with Gasteiger partial charge in [-0.1, -0.05) is 13.8 Å². The molecule has 1 fully saturated rings. The lowest BCUT2D eigenvalue weighted by Crippen LogP contribution is -2.11. The van der Waals surface area contributed by atoms with Crippen LogP contribution in [0.25, 0.3) is 0 Å². The Kier molecular flexibility index (Phi) is 3.81. The molecule has 0 amide bonds. The van der Waals surface area contributed by atoms with E-state index < -0.39 is 36.3 Å². The van der Waals surface area contributed by atoms with Gasteiger partial charge in [0.15, 0.2) is 0 Å². The number of hydrogen-bond donors (Lipinski definition) is 0. The van der Waals surface area contributed by atoms with E-state index in [1.54, 1.807) is 13.8 Å². The van der Waals surface area contributed by atoms with Gasteiger partial charge < -0.3 is 13.8 Å². The molecule has 0 aromatic heterocycles. The Bertz CT molecular complexity index is 380. The number of methoxy groups -OCH3 is 1. The van der Waals surface area contributed by atoms with Crippen molar-refractivity contribution < 1.29 is 27.9 Å². The second-order valence-corrected chi connectivity index (χ2v) is 6.67. The van der Waals surface area contributed by atoms with E-state index in [9.17, 15) is 14.2 Å². The van der Waals surface area contributed by atoms with Crippen LogP contribution in [0.1, 0.15) is 13.8 Å². The number of carbonyl (C=O) groups is 2. The fourth-order valence-corrected chi connectivity index (χ4v) is 3.42. The lowest BCUT2D eigenvalue weighted by atomic mass is 10.1. The number of carbonyl (C=O) groups excluding carboxylic acids is 2. The molecular weight excluding hydrogens is 247 g/mol. The fourth-order valence-electron chi connectivity index (χ4n) is 2.09. The number of rotatable bonds is 5. The van der Waals surface area contributed by atoms with Crippen LogP contribution in [0, 0.1) is 17.3 Å². The third kappa shape index (κ3) is 2.17. The van der Waals surface area contributed by atoms with Gasteiger partial charge in [-0.05, 0) is 5.41 Å². The molecule has 2 atom stereocenters. The second-order valence-electron chi connectivity index (χ2n) is 4.50. The van der Waals surface area contributed by atoms with Gasteiger partial charge in [-0.25, -0.2) is 0 Å². The first-order chi connectivity index (χ1) is 7.76. The summed E-state index contributed by atoms with van der Waals surface area (Å²) in [6.07, 6.45) is 0. The molecule has 0 aromatic carbocycles. The van der Waals surface area contributed by atoms with Crippen LogP contribution in [0.15, 0.2) is 0 Å². The molecule has 0 aromatic rings. The van der Waals surface area contributed by atoms with E-state index in [1.165, 1.54) is 7.11 Å². The van der Waals surface area contributed by atoms with Gasteiger partial charge in [0.25, 0.3) is 0 Å². The quantitative estimate of drug-likeness (QED) is 0.552. The van der Waals surface area contributed by atoms with Gasteiger partial charge in [-0.3, -0.25) is 14.2 Å². The summed E-state index contributed by atoms with van der Waals surface area (Å²) in [6.45, 7) is 3.49. The van der Waals surface area contributed by atoms with Crippen LogP contribution in [0.3, 0.4) is 0 Å². The van der Waals surface area contributed by atoms with Gasteiger partial charge in [0.05, 0.1) is 18.9 Å². The largest absolute Gasteiger partial charge is 0.469 e. The number of ether oxygens (including phenoxy) is 1. The van der Waals surface area contributed by atoms with E-state index in [1.807, 2.05) is 0 Å². The smallest absolute Gasteiger partial charge is 0.396 e. The van der Waals surface area contributed by atoms with Crippen molar-refractivity contribution in [2.45, 2.75) is 13.8 Å². The minimum atomic E-state index is -3.78. The Labute approximate surface area is 100 Å². The second kappa shape index (κ2) is 4.52. The molecule has 6 nitrogen and oxygen atoms in total. The van der Waals surface area contributed by atoms with Gasteiger partial charge in [0.2, 0.25) is 5.52 Å². The maximum absolute atomic E-state index is 12.0. The maximum Gasteiger partial charge on any atom is 0.396 e. The molecule has 0 saturated heterocycles. The molecule has 0 heterocycles. The van der Waals surface area contributed by atoms with Gasteiger partial charge in [-0.15, -0.1) is 0 Å². The first kappa shape index (κ1) is 14.4. The normalized spacial score (nSPS) is 26.4. The Hall–Kier alpha value is -0.710. The minimum absolute atomic E-state index is 0.480. The molecule has 0 bridgehead atoms. The van der Waals surface area contributed by atoms with Crippen molar-refractivity contribution in [1.82, 2.24) is 0 Å². The summed E-state index contributed by atoms with van der Waals surface area (Å²) in [7, 11) is -0.238. The zero-order valence-corrected chi connectivity index (χ0v) is 11.4. The average Bonchev–Trinajstić information content (AvgIpc) is 2.88. The van der Waals surface area contributed by atoms with Crippen molar-refractivity contribution in [3.8, 4) is 0 Å². The molecular formula is C10H17O6P. The molecule has 98 valence electrons. The maximum atomic E-state index is 12.0. The van der Waals surface area contributed by atoms with Gasteiger partial charge in [0.1, 0.15) is 0 Å². The average molecular weight is 264 g/mol. The number of esters is 1. The summed E-state index contributed by atoms with van der Waals surface area (Å²) >= 11 is 0. The van der Waals surface area contributed by atoms with Crippen LogP contribution in [0.2, 0.25) is 0 Å². The van der Waals surface area contributed by atoms with Crippen molar-refractivity contribution >= 4 is 19.1 Å². The minimum Gasteiger partial charge on any atom is -0.469 e.